The molecule has 1 atom stereocenters. The third kappa shape index (κ3) is 4.24. The van der Waals surface area contributed by atoms with Gasteiger partial charge in [0.05, 0.1) is 32.3 Å². The molecule has 2 aromatic carbocycles. The van der Waals surface area contributed by atoms with Crippen LogP contribution in [0.25, 0.3) is 0 Å². The smallest absolute Gasteiger partial charge is 0.289 e. The number of nitro benzene ring substituents is 1. The molecule has 0 saturated carbocycles. The predicted octanol–water partition coefficient (Wildman–Crippen LogP) is 2.71. The summed E-state index contributed by atoms with van der Waals surface area (Å²) >= 11 is 0. The van der Waals surface area contributed by atoms with E-state index >= 15 is 0 Å². The van der Waals surface area contributed by atoms with Crippen molar-refractivity contribution in [3.8, 4) is 17.2 Å². The van der Waals surface area contributed by atoms with Crippen molar-refractivity contribution in [1.29, 1.82) is 0 Å². The van der Waals surface area contributed by atoms with E-state index in [1.54, 1.807) is 18.2 Å². The van der Waals surface area contributed by atoms with E-state index in [4.69, 9.17) is 14.2 Å². The second kappa shape index (κ2) is 9.27. The molecule has 170 valence electrons. The molecule has 0 aliphatic carbocycles. The van der Waals surface area contributed by atoms with Crippen molar-refractivity contribution < 1.29 is 32.3 Å². The molecular weight excluding hydrogens is 440 g/mol. The molecule has 2 aromatic rings. The van der Waals surface area contributed by atoms with Gasteiger partial charge in [-0.1, -0.05) is 18.2 Å². The highest BCUT2D eigenvalue weighted by Crippen LogP contribution is 2.39. The van der Waals surface area contributed by atoms with E-state index in [1.165, 1.54) is 33.5 Å². The molecule has 10 nitrogen and oxygen atoms in total. The van der Waals surface area contributed by atoms with Gasteiger partial charge >= 0.3 is 0 Å². The van der Waals surface area contributed by atoms with Gasteiger partial charge in [-0.25, -0.2) is 12.7 Å². The normalized spacial score (nSPS) is 16.0. The zero-order valence-corrected chi connectivity index (χ0v) is 18.5. The summed E-state index contributed by atoms with van der Waals surface area (Å²) in [6.45, 7) is 0. The summed E-state index contributed by atoms with van der Waals surface area (Å²) in [5, 5.41) is 11.4. The van der Waals surface area contributed by atoms with Crippen LogP contribution in [0, 0.1) is 10.1 Å². The summed E-state index contributed by atoms with van der Waals surface area (Å²) in [7, 11) is -0.118. The minimum absolute atomic E-state index is 0.132. The standard InChI is InChI=1S/C21H22N2O8S/c1-29-17-12-14(13-18(30-2)21(17)31-3)11-15-7-6-10-20(24)22(15)32(27,28)19-9-5-4-8-16(19)23(25)26/h4-6,8-10,12-13,15H,7,11H2,1-3H3. The summed E-state index contributed by atoms with van der Waals surface area (Å²) in [6.07, 6.45) is 3.10. The van der Waals surface area contributed by atoms with Gasteiger partial charge in [0.25, 0.3) is 21.6 Å². The largest absolute Gasteiger partial charge is 0.493 e. The van der Waals surface area contributed by atoms with Gasteiger partial charge in [0.2, 0.25) is 5.75 Å². The Morgan fingerprint density at radius 3 is 2.28 bits per heavy atom. The van der Waals surface area contributed by atoms with E-state index in [0.29, 0.717) is 27.1 Å². The monoisotopic (exact) mass is 462 g/mol. The summed E-state index contributed by atoms with van der Waals surface area (Å²) in [5.74, 6) is 0.370. The Labute approximate surface area is 185 Å². The minimum atomic E-state index is -4.50. The van der Waals surface area contributed by atoms with Gasteiger partial charge in [-0.05, 0) is 36.6 Å². The molecule has 1 aliphatic rings. The number of hydrogen-bond donors (Lipinski definition) is 0. The third-order valence-electron chi connectivity index (χ3n) is 5.01. The zero-order chi connectivity index (χ0) is 23.5. The number of methoxy groups -OCH3 is 3. The lowest BCUT2D eigenvalue weighted by atomic mass is 10.00. The van der Waals surface area contributed by atoms with Crippen LogP contribution in [0.4, 0.5) is 5.69 Å². The Hall–Kier alpha value is -3.60. The number of para-hydroxylation sites is 1. The van der Waals surface area contributed by atoms with E-state index in [9.17, 15) is 23.3 Å². The van der Waals surface area contributed by atoms with Crippen molar-refractivity contribution in [1.82, 2.24) is 4.31 Å². The van der Waals surface area contributed by atoms with Gasteiger partial charge in [0, 0.05) is 12.1 Å². The van der Waals surface area contributed by atoms with Gasteiger partial charge in [-0.15, -0.1) is 0 Å². The molecule has 0 radical (unpaired) electrons. The Bertz CT molecular complexity index is 1150. The van der Waals surface area contributed by atoms with Crippen LogP contribution < -0.4 is 14.2 Å². The van der Waals surface area contributed by atoms with Gasteiger partial charge in [-0.2, -0.15) is 0 Å². The molecule has 1 amide bonds. The Balaban J connectivity index is 2.05. The summed E-state index contributed by atoms with van der Waals surface area (Å²) < 4.78 is 43.4. The van der Waals surface area contributed by atoms with Crippen molar-refractivity contribution in [3.63, 3.8) is 0 Å². The lowest BCUT2D eigenvalue weighted by molar-refractivity contribution is -0.387. The Kier molecular flexibility index (Phi) is 6.68. The van der Waals surface area contributed by atoms with Crippen molar-refractivity contribution in [3.05, 3.63) is 64.2 Å². The van der Waals surface area contributed by atoms with Crippen LogP contribution in [-0.2, 0) is 21.2 Å². The Morgan fingerprint density at radius 1 is 1.09 bits per heavy atom. The fourth-order valence-corrected chi connectivity index (χ4v) is 5.33. The van der Waals surface area contributed by atoms with E-state index < -0.39 is 37.5 Å². The first-order chi connectivity index (χ1) is 15.2. The number of carbonyl (C=O) groups excluding carboxylic acids is 1. The van der Waals surface area contributed by atoms with Crippen molar-refractivity contribution >= 4 is 21.6 Å². The number of ether oxygens (including phenoxy) is 3. The predicted molar refractivity (Wildman–Crippen MR) is 114 cm³/mol. The maximum absolute atomic E-state index is 13.4. The molecule has 11 heteroatoms. The fraction of sp³-hybridized carbons (Fsp3) is 0.286. The van der Waals surface area contributed by atoms with Crippen LogP contribution in [0.1, 0.15) is 12.0 Å². The highest BCUT2D eigenvalue weighted by atomic mass is 32.2. The molecule has 1 aliphatic heterocycles. The number of hydrogen-bond acceptors (Lipinski definition) is 8. The van der Waals surface area contributed by atoms with Crippen LogP contribution in [-0.4, -0.2) is 50.9 Å². The zero-order valence-electron chi connectivity index (χ0n) is 17.7. The Morgan fingerprint density at radius 2 is 1.72 bits per heavy atom. The van der Waals surface area contributed by atoms with Crippen LogP contribution >= 0.6 is 0 Å². The molecule has 0 spiro atoms. The number of benzene rings is 2. The molecule has 32 heavy (non-hydrogen) atoms. The van der Waals surface area contributed by atoms with E-state index in [2.05, 4.69) is 0 Å². The number of rotatable bonds is 8. The van der Waals surface area contributed by atoms with Gasteiger partial charge < -0.3 is 14.2 Å². The fourth-order valence-electron chi connectivity index (χ4n) is 3.61. The average molecular weight is 462 g/mol. The average Bonchev–Trinajstić information content (AvgIpc) is 2.78. The number of nitro groups is 1. The van der Waals surface area contributed by atoms with E-state index in [0.717, 1.165) is 18.2 Å². The second-order valence-corrected chi connectivity index (χ2v) is 8.68. The molecule has 3 rings (SSSR count). The molecule has 1 unspecified atom stereocenters. The molecule has 1 heterocycles. The molecule has 0 N–H and O–H groups in total. The van der Waals surface area contributed by atoms with Crippen LogP contribution in [0.3, 0.4) is 0 Å². The van der Waals surface area contributed by atoms with Crippen LogP contribution in [0.15, 0.2) is 53.4 Å². The lowest BCUT2D eigenvalue weighted by Gasteiger charge is -2.32. The molecule has 0 aromatic heterocycles. The third-order valence-corrected chi connectivity index (χ3v) is 6.91. The number of carbonyl (C=O) groups is 1. The van der Waals surface area contributed by atoms with E-state index in [1.807, 2.05) is 0 Å². The molecule has 0 fully saturated rings. The summed E-state index contributed by atoms with van der Waals surface area (Å²) in [5.41, 5.74) is 0.0387. The number of amides is 1. The SMILES string of the molecule is COc1cc(CC2CC=CC(=O)N2S(=O)(=O)c2ccccc2[N+](=O)[O-])cc(OC)c1OC. The topological polar surface area (TPSA) is 125 Å². The van der Waals surface area contributed by atoms with Crippen LogP contribution in [0.2, 0.25) is 0 Å². The quantitative estimate of drug-likeness (QED) is 0.433. The minimum Gasteiger partial charge on any atom is -0.493 e. The van der Waals surface area contributed by atoms with Crippen molar-refractivity contribution in [2.75, 3.05) is 21.3 Å². The van der Waals surface area contributed by atoms with Gasteiger partial charge in [0.15, 0.2) is 16.4 Å². The molecule has 0 bridgehead atoms. The van der Waals surface area contributed by atoms with Gasteiger partial charge in [0.1, 0.15) is 0 Å². The number of nitrogens with zero attached hydrogens (tertiary/aromatic N) is 2. The highest BCUT2D eigenvalue weighted by Gasteiger charge is 2.39. The molecule has 0 saturated heterocycles. The summed E-state index contributed by atoms with van der Waals surface area (Å²) in [4.78, 5) is 22.7. The van der Waals surface area contributed by atoms with E-state index in [-0.39, 0.29) is 12.8 Å². The maximum Gasteiger partial charge on any atom is 0.289 e. The van der Waals surface area contributed by atoms with Crippen molar-refractivity contribution in [2.45, 2.75) is 23.8 Å². The summed E-state index contributed by atoms with van der Waals surface area (Å²) in [6, 6.07) is 7.47. The van der Waals surface area contributed by atoms with Crippen molar-refractivity contribution in [2.24, 2.45) is 0 Å². The van der Waals surface area contributed by atoms with Gasteiger partial charge in [-0.3, -0.25) is 14.9 Å². The first kappa shape index (κ1) is 23.1. The first-order valence-corrected chi connectivity index (χ1v) is 11.0. The maximum atomic E-state index is 13.4. The molecular formula is C21H22N2O8S. The highest BCUT2D eigenvalue weighted by molar-refractivity contribution is 7.89. The van der Waals surface area contributed by atoms with Crippen LogP contribution in [0.5, 0.6) is 17.2 Å². The first-order valence-electron chi connectivity index (χ1n) is 9.51. The lowest BCUT2D eigenvalue weighted by Crippen LogP contribution is -2.46. The second-order valence-electron chi connectivity index (χ2n) is 6.89. The number of sulfonamides is 1.